The van der Waals surface area contributed by atoms with E-state index in [1.807, 2.05) is 0 Å². The van der Waals surface area contributed by atoms with Crippen molar-refractivity contribution in [2.45, 2.75) is 43.6 Å². The number of anilines is 1. The molecule has 1 fully saturated rings. The summed E-state index contributed by atoms with van der Waals surface area (Å²) < 4.78 is 4.72. The third-order valence-corrected chi connectivity index (χ3v) is 5.59. The highest BCUT2D eigenvalue weighted by molar-refractivity contribution is 7.99. The van der Waals surface area contributed by atoms with Crippen LogP contribution in [0.4, 0.5) is 5.82 Å². The fourth-order valence-corrected chi connectivity index (χ4v) is 4.31. The summed E-state index contributed by atoms with van der Waals surface area (Å²) in [4.78, 5) is 17.3. The minimum absolute atomic E-state index is 0.222. The number of nitriles is 1. The summed E-state index contributed by atoms with van der Waals surface area (Å²) in [5.74, 6) is 1.12. The van der Waals surface area contributed by atoms with Crippen LogP contribution in [0.1, 0.15) is 42.4 Å². The van der Waals surface area contributed by atoms with E-state index in [0.29, 0.717) is 0 Å². The van der Waals surface area contributed by atoms with Gasteiger partial charge in [0.25, 0.3) is 5.82 Å². The Morgan fingerprint density at radius 2 is 1.96 bits per heavy atom. The van der Waals surface area contributed by atoms with Crippen LogP contribution in [0, 0.1) is 11.3 Å². The van der Waals surface area contributed by atoms with Gasteiger partial charge in [0.1, 0.15) is 11.6 Å². The minimum Gasteiger partial charge on any atom is -0.468 e. The number of H-pyrrole nitrogens is 1. The summed E-state index contributed by atoms with van der Waals surface area (Å²) in [6.07, 6.45) is 6.74. The Morgan fingerprint density at radius 3 is 2.61 bits per heavy atom. The van der Waals surface area contributed by atoms with Gasteiger partial charge in [-0.1, -0.05) is 11.8 Å². The lowest BCUT2D eigenvalue weighted by Crippen LogP contribution is -2.31. The highest BCUT2D eigenvalue weighted by Crippen LogP contribution is 2.34. The van der Waals surface area contributed by atoms with E-state index in [4.69, 9.17) is 4.74 Å². The number of ether oxygens (including phenoxy) is 1. The number of carbonyl (C=O) groups excluding carboxylic acids is 1. The molecule has 122 valence electrons. The number of hydrogen-bond acceptors (Lipinski definition) is 5. The van der Waals surface area contributed by atoms with Crippen molar-refractivity contribution in [3.05, 3.63) is 16.7 Å². The number of carbonyl (C=O) groups is 1. The van der Waals surface area contributed by atoms with Crippen molar-refractivity contribution in [1.82, 2.24) is 0 Å². The number of thioether (sulfide) groups is 1. The van der Waals surface area contributed by atoms with Crippen LogP contribution in [-0.2, 0) is 22.4 Å². The summed E-state index contributed by atoms with van der Waals surface area (Å²) in [6.45, 7) is 2.13. The Labute approximate surface area is 141 Å². The number of esters is 1. The summed E-state index contributed by atoms with van der Waals surface area (Å²) in [6, 6.07) is 2.36. The van der Waals surface area contributed by atoms with Gasteiger partial charge in [-0.05, 0) is 44.1 Å². The summed E-state index contributed by atoms with van der Waals surface area (Å²) >= 11 is 1.37. The Balaban J connectivity index is 2.01. The molecule has 0 atom stereocenters. The molecule has 1 aliphatic carbocycles. The number of nitrogens with one attached hydrogen (secondary N) is 1. The molecule has 1 aromatic heterocycles. The minimum atomic E-state index is -0.271. The smallest absolute Gasteiger partial charge is 0.316 e. The van der Waals surface area contributed by atoms with Crippen molar-refractivity contribution in [3.8, 4) is 6.07 Å². The van der Waals surface area contributed by atoms with Crippen LogP contribution in [-0.4, -0.2) is 31.9 Å². The van der Waals surface area contributed by atoms with E-state index in [1.54, 1.807) is 0 Å². The zero-order valence-electron chi connectivity index (χ0n) is 13.5. The first-order valence-electron chi connectivity index (χ1n) is 8.20. The molecule has 0 aromatic carbocycles. The topological polar surface area (TPSA) is 67.5 Å². The number of pyridine rings is 1. The Kier molecular flexibility index (Phi) is 5.06. The number of fused-ring (bicyclic) bond motifs is 1. The van der Waals surface area contributed by atoms with Gasteiger partial charge in [0.2, 0.25) is 0 Å². The molecule has 0 unspecified atom stereocenters. The molecule has 0 spiro atoms. The van der Waals surface area contributed by atoms with E-state index in [9.17, 15) is 10.1 Å². The number of nitrogens with zero attached hydrogens (tertiary/aromatic N) is 2. The van der Waals surface area contributed by atoms with Gasteiger partial charge in [0, 0.05) is 5.56 Å². The molecule has 3 rings (SSSR count). The fraction of sp³-hybridized carbons (Fsp3) is 0.588. The van der Waals surface area contributed by atoms with Crippen LogP contribution >= 0.6 is 11.8 Å². The molecule has 1 N–H and O–H groups in total. The van der Waals surface area contributed by atoms with Crippen LogP contribution in [0.25, 0.3) is 0 Å². The Hall–Kier alpha value is -1.74. The highest BCUT2D eigenvalue weighted by Gasteiger charge is 2.31. The van der Waals surface area contributed by atoms with E-state index < -0.39 is 0 Å². The van der Waals surface area contributed by atoms with Crippen molar-refractivity contribution >= 4 is 23.5 Å². The lowest BCUT2D eigenvalue weighted by Gasteiger charge is -2.22. The van der Waals surface area contributed by atoms with E-state index in [2.05, 4.69) is 16.0 Å². The molecule has 1 aliphatic heterocycles. The maximum Gasteiger partial charge on any atom is 0.316 e. The van der Waals surface area contributed by atoms with Crippen molar-refractivity contribution in [3.63, 3.8) is 0 Å². The summed E-state index contributed by atoms with van der Waals surface area (Å²) in [7, 11) is 1.39. The number of methoxy groups -OCH3 is 1. The molecule has 1 saturated heterocycles. The van der Waals surface area contributed by atoms with Gasteiger partial charge in [-0.15, -0.1) is 0 Å². The van der Waals surface area contributed by atoms with Gasteiger partial charge in [-0.2, -0.15) is 5.26 Å². The lowest BCUT2D eigenvalue weighted by molar-refractivity contribution is -0.414. The zero-order chi connectivity index (χ0) is 16.2. The summed E-state index contributed by atoms with van der Waals surface area (Å²) in [5, 5.41) is 10.4. The average molecular weight is 332 g/mol. The van der Waals surface area contributed by atoms with E-state index >= 15 is 0 Å². The summed E-state index contributed by atoms with van der Waals surface area (Å²) in [5.41, 5.74) is 3.22. The van der Waals surface area contributed by atoms with Crippen molar-refractivity contribution in [1.29, 1.82) is 5.26 Å². The molecule has 23 heavy (non-hydrogen) atoms. The SMILES string of the molecule is COC(=O)CSc1[nH+]c(N2CCCC2)c2c(c1C#N)CCCC2. The number of aromatic amines is 1. The monoisotopic (exact) mass is 332 g/mol. The quantitative estimate of drug-likeness (QED) is 0.624. The second-order valence-electron chi connectivity index (χ2n) is 6.01. The van der Waals surface area contributed by atoms with Crippen molar-refractivity contribution in [2.24, 2.45) is 0 Å². The molecule has 0 amide bonds. The second kappa shape index (κ2) is 7.22. The van der Waals surface area contributed by atoms with Gasteiger partial charge in [0.15, 0.2) is 5.03 Å². The molecule has 6 heteroatoms. The van der Waals surface area contributed by atoms with Crippen molar-refractivity contribution in [2.75, 3.05) is 30.9 Å². The second-order valence-corrected chi connectivity index (χ2v) is 7.00. The van der Waals surface area contributed by atoms with Gasteiger partial charge in [0.05, 0.1) is 26.0 Å². The van der Waals surface area contributed by atoms with Crippen LogP contribution in [0.2, 0.25) is 0 Å². The predicted molar refractivity (Wildman–Crippen MR) is 88.5 cm³/mol. The first kappa shape index (κ1) is 16.1. The first-order chi connectivity index (χ1) is 11.2. The highest BCUT2D eigenvalue weighted by atomic mass is 32.2. The Bertz CT molecular complexity index is 648. The van der Waals surface area contributed by atoms with E-state index in [0.717, 1.165) is 42.9 Å². The van der Waals surface area contributed by atoms with Gasteiger partial charge < -0.3 is 4.74 Å². The molecular formula is C17H22N3O2S+. The molecular weight excluding hydrogens is 310 g/mol. The van der Waals surface area contributed by atoms with Crippen LogP contribution in [0.15, 0.2) is 5.03 Å². The average Bonchev–Trinajstić information content (AvgIpc) is 3.12. The van der Waals surface area contributed by atoms with E-state index in [-0.39, 0.29) is 11.7 Å². The molecule has 1 aromatic rings. The predicted octanol–water partition coefficient (Wildman–Crippen LogP) is 2.12. The first-order valence-corrected chi connectivity index (χ1v) is 9.19. The Morgan fingerprint density at radius 1 is 1.26 bits per heavy atom. The molecule has 0 saturated carbocycles. The lowest BCUT2D eigenvalue weighted by atomic mass is 9.89. The third-order valence-electron chi connectivity index (χ3n) is 4.61. The largest absolute Gasteiger partial charge is 0.468 e. The molecule has 5 nitrogen and oxygen atoms in total. The molecule has 2 heterocycles. The maximum absolute atomic E-state index is 11.5. The maximum atomic E-state index is 11.5. The van der Waals surface area contributed by atoms with Crippen molar-refractivity contribution < 1.29 is 14.5 Å². The van der Waals surface area contributed by atoms with Gasteiger partial charge in [-0.25, -0.2) is 4.98 Å². The van der Waals surface area contributed by atoms with Gasteiger partial charge >= 0.3 is 5.97 Å². The zero-order valence-corrected chi connectivity index (χ0v) is 14.3. The number of aromatic nitrogens is 1. The third kappa shape index (κ3) is 3.30. The van der Waals surface area contributed by atoms with Gasteiger partial charge in [-0.3, -0.25) is 9.69 Å². The van der Waals surface area contributed by atoms with Crippen LogP contribution < -0.4 is 9.88 Å². The molecule has 0 bridgehead atoms. The number of rotatable bonds is 4. The van der Waals surface area contributed by atoms with Crippen LogP contribution in [0.5, 0.6) is 0 Å². The molecule has 2 aliphatic rings. The number of hydrogen-bond donors (Lipinski definition) is 0. The van der Waals surface area contributed by atoms with E-state index in [1.165, 1.54) is 55.1 Å². The van der Waals surface area contributed by atoms with Crippen LogP contribution in [0.3, 0.4) is 0 Å². The normalized spacial score (nSPS) is 16.8. The fourth-order valence-electron chi connectivity index (χ4n) is 3.45. The molecule has 0 radical (unpaired) electrons. The standard InChI is InChI=1S/C17H21N3O2S/c1-22-15(21)11-23-17-14(10-18)12-6-2-3-7-13(12)16(19-17)20-8-4-5-9-20/h2-9,11H2,1H3/p+1.